The van der Waals surface area contributed by atoms with Crippen molar-refractivity contribution in [2.45, 2.75) is 96.6 Å². The quantitative estimate of drug-likeness (QED) is 0.0937. The predicted molar refractivity (Wildman–Crippen MR) is 134 cm³/mol. The fourth-order valence-corrected chi connectivity index (χ4v) is 3.83. The highest BCUT2D eigenvalue weighted by Crippen LogP contribution is 2.43. The van der Waals surface area contributed by atoms with Crippen LogP contribution >= 0.6 is 7.82 Å². The van der Waals surface area contributed by atoms with E-state index in [1.807, 2.05) is 27.2 Å². The topological polar surface area (TPSA) is 105 Å². The van der Waals surface area contributed by atoms with Gasteiger partial charge in [0, 0.05) is 6.42 Å². The third-order valence-electron chi connectivity index (χ3n) is 5.26. The molecule has 0 radical (unpaired) electrons. The van der Waals surface area contributed by atoms with Crippen LogP contribution in [0.3, 0.4) is 0 Å². The number of aliphatic hydroxyl groups is 1. The predicted octanol–water partition coefficient (Wildman–Crippen LogP) is 4.56. The molecular formula is C24H50N2O6P+. The number of hydrogen-bond acceptors (Lipinski definition) is 5. The van der Waals surface area contributed by atoms with Crippen molar-refractivity contribution in [1.82, 2.24) is 5.32 Å². The molecule has 3 atom stereocenters. The van der Waals surface area contributed by atoms with Gasteiger partial charge in [-0.05, 0) is 19.3 Å². The van der Waals surface area contributed by atoms with Crippen LogP contribution in [0.25, 0.3) is 0 Å². The van der Waals surface area contributed by atoms with Crippen molar-refractivity contribution in [2.75, 3.05) is 40.9 Å². The Labute approximate surface area is 201 Å². The van der Waals surface area contributed by atoms with Crippen LogP contribution in [0.2, 0.25) is 0 Å². The molecule has 0 aromatic heterocycles. The summed E-state index contributed by atoms with van der Waals surface area (Å²) in [6, 6.07) is -0.831. The normalized spacial score (nSPS) is 16.0. The van der Waals surface area contributed by atoms with Crippen molar-refractivity contribution in [1.29, 1.82) is 0 Å². The molecule has 0 spiro atoms. The largest absolute Gasteiger partial charge is 0.472 e. The maximum Gasteiger partial charge on any atom is 0.472 e. The van der Waals surface area contributed by atoms with Crippen molar-refractivity contribution >= 4 is 13.7 Å². The average molecular weight is 494 g/mol. The lowest BCUT2D eigenvalue weighted by Gasteiger charge is -2.25. The highest BCUT2D eigenvalue weighted by atomic mass is 31.2. The summed E-state index contributed by atoms with van der Waals surface area (Å²) in [5.41, 5.74) is 0. The summed E-state index contributed by atoms with van der Waals surface area (Å²) in [7, 11) is 1.56. The number of rotatable bonds is 21. The molecular weight excluding hydrogens is 443 g/mol. The Morgan fingerprint density at radius 1 is 1.00 bits per heavy atom. The lowest BCUT2D eigenvalue weighted by molar-refractivity contribution is -0.870. The summed E-state index contributed by atoms with van der Waals surface area (Å²) >= 11 is 0. The minimum absolute atomic E-state index is 0.0618. The SMILES string of the molecule is CCCCCC/C=C/C(O)C(COP(=O)(O)OCC[N+](C)(C)C)NC(=O)CCCCCCC. The van der Waals surface area contributed by atoms with Gasteiger partial charge in [-0.1, -0.05) is 70.9 Å². The van der Waals surface area contributed by atoms with Crippen LogP contribution in [0.15, 0.2) is 12.2 Å². The molecule has 33 heavy (non-hydrogen) atoms. The van der Waals surface area contributed by atoms with Gasteiger partial charge in [-0.3, -0.25) is 13.8 Å². The number of unbranched alkanes of at least 4 members (excludes halogenated alkanes) is 8. The highest BCUT2D eigenvalue weighted by molar-refractivity contribution is 7.47. The van der Waals surface area contributed by atoms with E-state index in [-0.39, 0.29) is 19.1 Å². The molecule has 0 aliphatic rings. The van der Waals surface area contributed by atoms with E-state index in [1.165, 1.54) is 6.42 Å². The van der Waals surface area contributed by atoms with Crippen LogP contribution in [-0.4, -0.2) is 73.4 Å². The van der Waals surface area contributed by atoms with Crippen molar-refractivity contribution in [3.63, 3.8) is 0 Å². The molecule has 196 valence electrons. The smallest absolute Gasteiger partial charge is 0.387 e. The zero-order valence-electron chi connectivity index (χ0n) is 21.6. The summed E-state index contributed by atoms with van der Waals surface area (Å²) in [5.74, 6) is -0.200. The fraction of sp³-hybridized carbons (Fsp3) is 0.875. The van der Waals surface area contributed by atoms with E-state index in [9.17, 15) is 19.4 Å². The van der Waals surface area contributed by atoms with Crippen LogP contribution < -0.4 is 5.32 Å². The van der Waals surface area contributed by atoms with E-state index < -0.39 is 20.0 Å². The van der Waals surface area contributed by atoms with E-state index >= 15 is 0 Å². The number of phosphoric ester groups is 1. The van der Waals surface area contributed by atoms with Crippen molar-refractivity contribution in [3.8, 4) is 0 Å². The number of hydrogen-bond donors (Lipinski definition) is 3. The number of carbonyl (C=O) groups is 1. The molecule has 0 aliphatic carbocycles. The summed E-state index contributed by atoms with van der Waals surface area (Å²) in [6.07, 6.45) is 13.3. The number of nitrogens with one attached hydrogen (secondary N) is 1. The van der Waals surface area contributed by atoms with Crippen LogP contribution in [-0.2, 0) is 18.4 Å². The number of allylic oxidation sites excluding steroid dienone is 1. The van der Waals surface area contributed by atoms with Crippen molar-refractivity contribution < 1.29 is 32.9 Å². The minimum atomic E-state index is -4.29. The molecule has 0 aromatic rings. The Hall–Kier alpha value is -0.760. The van der Waals surface area contributed by atoms with Crippen LogP contribution in [0.5, 0.6) is 0 Å². The van der Waals surface area contributed by atoms with Crippen LogP contribution in [0.1, 0.15) is 84.5 Å². The zero-order valence-corrected chi connectivity index (χ0v) is 22.5. The first-order chi connectivity index (χ1) is 15.5. The van der Waals surface area contributed by atoms with E-state index in [2.05, 4.69) is 19.2 Å². The molecule has 8 nitrogen and oxygen atoms in total. The van der Waals surface area contributed by atoms with Crippen molar-refractivity contribution in [2.24, 2.45) is 0 Å². The van der Waals surface area contributed by atoms with Gasteiger partial charge >= 0.3 is 7.82 Å². The molecule has 9 heteroatoms. The summed E-state index contributed by atoms with van der Waals surface area (Å²) in [5, 5.41) is 13.4. The van der Waals surface area contributed by atoms with E-state index in [1.54, 1.807) is 6.08 Å². The second-order valence-corrected chi connectivity index (χ2v) is 11.2. The van der Waals surface area contributed by atoms with Gasteiger partial charge in [0.2, 0.25) is 5.91 Å². The lowest BCUT2D eigenvalue weighted by Crippen LogP contribution is -2.45. The lowest BCUT2D eigenvalue weighted by atomic mass is 10.1. The maximum absolute atomic E-state index is 12.4. The molecule has 0 fully saturated rings. The second kappa shape index (κ2) is 18.6. The number of quaternary nitrogens is 1. The van der Waals surface area contributed by atoms with Gasteiger partial charge in [0.25, 0.3) is 0 Å². The van der Waals surface area contributed by atoms with Gasteiger partial charge < -0.3 is 19.8 Å². The monoisotopic (exact) mass is 493 g/mol. The van der Waals surface area contributed by atoms with E-state index in [4.69, 9.17) is 9.05 Å². The van der Waals surface area contributed by atoms with Gasteiger partial charge in [-0.25, -0.2) is 4.57 Å². The van der Waals surface area contributed by atoms with Gasteiger partial charge in [0.15, 0.2) is 0 Å². The molecule has 3 N–H and O–H groups in total. The molecule has 0 aliphatic heterocycles. The molecule has 0 rings (SSSR count). The second-order valence-electron chi connectivity index (χ2n) is 9.72. The highest BCUT2D eigenvalue weighted by Gasteiger charge is 2.27. The Kier molecular flexibility index (Phi) is 18.1. The number of amides is 1. The first-order valence-corrected chi connectivity index (χ1v) is 14.1. The Morgan fingerprint density at radius 2 is 1.61 bits per heavy atom. The summed E-state index contributed by atoms with van der Waals surface area (Å²) in [4.78, 5) is 22.4. The third kappa shape index (κ3) is 20.3. The molecule has 3 unspecified atom stereocenters. The molecule has 0 saturated carbocycles. The number of aliphatic hydroxyl groups excluding tert-OH is 1. The number of phosphoric acid groups is 1. The Morgan fingerprint density at radius 3 is 2.21 bits per heavy atom. The molecule has 0 bridgehead atoms. The first-order valence-electron chi connectivity index (χ1n) is 12.6. The fourth-order valence-electron chi connectivity index (χ4n) is 3.09. The van der Waals surface area contributed by atoms with Gasteiger partial charge in [0.1, 0.15) is 13.2 Å². The first kappa shape index (κ1) is 32.2. The van der Waals surface area contributed by atoms with Crippen LogP contribution in [0, 0.1) is 0 Å². The average Bonchev–Trinajstić information content (AvgIpc) is 2.72. The Balaban J connectivity index is 4.79. The van der Waals surface area contributed by atoms with Gasteiger partial charge in [0.05, 0.1) is 39.9 Å². The Bertz CT molecular complexity index is 580. The number of carbonyl (C=O) groups excluding carboxylic acids is 1. The standard InChI is InChI=1S/C24H49N2O6P/c1-6-8-10-12-14-15-17-23(27)22(25-24(28)18-16-13-11-9-7-2)21-32-33(29,30)31-20-19-26(3,4)5/h15,17,22-23,27H,6-14,16,18-21H2,1-5H3,(H-,25,28,29,30)/p+1/b17-15+. The third-order valence-corrected chi connectivity index (χ3v) is 6.24. The zero-order chi connectivity index (χ0) is 25.2. The molecule has 0 heterocycles. The maximum atomic E-state index is 12.4. The summed E-state index contributed by atoms with van der Waals surface area (Å²) in [6.45, 7) is 4.58. The molecule has 1 amide bonds. The van der Waals surface area contributed by atoms with Gasteiger partial charge in [-0.15, -0.1) is 0 Å². The van der Waals surface area contributed by atoms with E-state index in [0.717, 1.165) is 57.8 Å². The number of likely N-dealkylation sites (N-methyl/N-ethyl adjacent to an activating group) is 1. The summed E-state index contributed by atoms with van der Waals surface area (Å²) < 4.78 is 23.0. The molecule has 0 saturated heterocycles. The molecule has 0 aromatic carbocycles. The minimum Gasteiger partial charge on any atom is -0.387 e. The number of nitrogens with zero attached hydrogens (tertiary/aromatic N) is 1. The van der Waals surface area contributed by atoms with Crippen LogP contribution in [0.4, 0.5) is 0 Å². The van der Waals surface area contributed by atoms with Gasteiger partial charge in [-0.2, -0.15) is 0 Å². The van der Waals surface area contributed by atoms with E-state index in [0.29, 0.717) is 17.4 Å². The van der Waals surface area contributed by atoms with Crippen molar-refractivity contribution in [3.05, 3.63) is 12.2 Å².